The van der Waals surface area contributed by atoms with Crippen LogP contribution in [0.1, 0.15) is 31.2 Å². The minimum Gasteiger partial charge on any atom is -0.399 e. The second kappa shape index (κ2) is 4.25. The Balaban J connectivity index is 1.80. The van der Waals surface area contributed by atoms with E-state index in [1.165, 1.54) is 50.0 Å². The Morgan fingerprint density at radius 3 is 2.24 bits per heavy atom. The van der Waals surface area contributed by atoms with Crippen LogP contribution in [0.4, 0.5) is 11.4 Å². The predicted molar refractivity (Wildman–Crippen MR) is 73.3 cm³/mol. The lowest BCUT2D eigenvalue weighted by molar-refractivity contribution is 0.678. The topological polar surface area (TPSA) is 29.3 Å². The first-order chi connectivity index (χ1) is 8.22. The van der Waals surface area contributed by atoms with E-state index in [4.69, 9.17) is 5.73 Å². The molecule has 2 saturated carbocycles. The van der Waals surface area contributed by atoms with Crippen molar-refractivity contribution in [2.24, 2.45) is 11.8 Å². The van der Waals surface area contributed by atoms with Gasteiger partial charge < -0.3 is 10.6 Å². The molecule has 0 aromatic heterocycles. The maximum absolute atomic E-state index is 5.93. The fraction of sp³-hybridized carbons (Fsp3) is 0.600. The zero-order valence-electron chi connectivity index (χ0n) is 10.7. The van der Waals surface area contributed by atoms with Crippen molar-refractivity contribution < 1.29 is 0 Å². The highest BCUT2D eigenvalue weighted by Gasteiger charge is 2.29. The molecule has 0 heterocycles. The van der Waals surface area contributed by atoms with E-state index in [9.17, 15) is 0 Å². The van der Waals surface area contributed by atoms with E-state index in [0.29, 0.717) is 0 Å². The Labute approximate surface area is 104 Å². The average Bonchev–Trinajstić information content (AvgIpc) is 3.15. The normalized spacial score (nSPS) is 19.4. The minimum absolute atomic E-state index is 0.891. The molecule has 1 aromatic carbocycles. The zero-order chi connectivity index (χ0) is 11.8. The number of nitrogen functional groups attached to an aromatic ring is 1. The average molecular weight is 230 g/mol. The summed E-state index contributed by atoms with van der Waals surface area (Å²) in [5.41, 5.74) is 9.55. The number of nitrogens with zero attached hydrogens (tertiary/aromatic N) is 1. The van der Waals surface area contributed by atoms with E-state index in [0.717, 1.165) is 17.5 Å². The molecule has 2 aliphatic rings. The highest BCUT2D eigenvalue weighted by molar-refractivity contribution is 5.61. The Kier molecular flexibility index (Phi) is 2.73. The molecule has 2 fully saturated rings. The van der Waals surface area contributed by atoms with Gasteiger partial charge in [-0.2, -0.15) is 0 Å². The van der Waals surface area contributed by atoms with Crippen LogP contribution in [-0.2, 0) is 0 Å². The third-order valence-corrected chi connectivity index (χ3v) is 3.92. The van der Waals surface area contributed by atoms with Gasteiger partial charge >= 0.3 is 0 Å². The molecule has 0 radical (unpaired) electrons. The second-order valence-electron chi connectivity index (χ2n) is 5.84. The van der Waals surface area contributed by atoms with E-state index in [2.05, 4.69) is 24.0 Å². The van der Waals surface area contributed by atoms with Gasteiger partial charge in [0.2, 0.25) is 0 Å². The van der Waals surface area contributed by atoms with Crippen LogP contribution in [0.3, 0.4) is 0 Å². The maximum Gasteiger partial charge on any atom is 0.0416 e. The Hall–Kier alpha value is -1.18. The number of rotatable bonds is 5. The molecule has 2 aliphatic carbocycles. The van der Waals surface area contributed by atoms with Gasteiger partial charge in [-0.1, -0.05) is 6.07 Å². The number of anilines is 2. The van der Waals surface area contributed by atoms with Crippen molar-refractivity contribution in [3.8, 4) is 0 Å². The van der Waals surface area contributed by atoms with Crippen LogP contribution < -0.4 is 10.6 Å². The summed E-state index contributed by atoms with van der Waals surface area (Å²) in [6.45, 7) is 4.67. The van der Waals surface area contributed by atoms with Crippen LogP contribution in [0.5, 0.6) is 0 Å². The molecule has 2 N–H and O–H groups in total. The first kappa shape index (κ1) is 10.9. The van der Waals surface area contributed by atoms with Gasteiger partial charge in [-0.25, -0.2) is 0 Å². The number of hydrogen-bond donors (Lipinski definition) is 1. The largest absolute Gasteiger partial charge is 0.399 e. The van der Waals surface area contributed by atoms with Crippen LogP contribution in [0.25, 0.3) is 0 Å². The van der Waals surface area contributed by atoms with E-state index < -0.39 is 0 Å². The Bertz CT molecular complexity index is 391. The molecule has 0 amide bonds. The van der Waals surface area contributed by atoms with Crippen LogP contribution >= 0.6 is 0 Å². The van der Waals surface area contributed by atoms with Crippen molar-refractivity contribution in [3.05, 3.63) is 23.8 Å². The summed E-state index contributed by atoms with van der Waals surface area (Å²) in [7, 11) is 0. The molecule has 0 unspecified atom stereocenters. The molecule has 3 rings (SSSR count). The van der Waals surface area contributed by atoms with Crippen molar-refractivity contribution in [1.29, 1.82) is 0 Å². The molecular formula is C15H22N2. The summed E-state index contributed by atoms with van der Waals surface area (Å²) in [5, 5.41) is 0. The molecule has 1 aromatic rings. The lowest BCUT2D eigenvalue weighted by Gasteiger charge is -2.27. The Morgan fingerprint density at radius 2 is 1.71 bits per heavy atom. The highest BCUT2D eigenvalue weighted by atomic mass is 15.1. The third kappa shape index (κ3) is 2.74. The van der Waals surface area contributed by atoms with Gasteiger partial charge in [0.05, 0.1) is 0 Å². The van der Waals surface area contributed by atoms with Gasteiger partial charge in [0, 0.05) is 24.5 Å². The monoisotopic (exact) mass is 230 g/mol. The quantitative estimate of drug-likeness (QED) is 0.787. The lowest BCUT2D eigenvalue weighted by Crippen LogP contribution is -2.28. The summed E-state index contributed by atoms with van der Waals surface area (Å²) >= 11 is 0. The van der Waals surface area contributed by atoms with Crippen molar-refractivity contribution in [3.63, 3.8) is 0 Å². The van der Waals surface area contributed by atoms with Crippen LogP contribution in [-0.4, -0.2) is 13.1 Å². The molecule has 17 heavy (non-hydrogen) atoms. The van der Waals surface area contributed by atoms with Crippen LogP contribution in [0.15, 0.2) is 18.2 Å². The molecule has 0 saturated heterocycles. The van der Waals surface area contributed by atoms with Gasteiger partial charge in [0.25, 0.3) is 0 Å². The van der Waals surface area contributed by atoms with Gasteiger partial charge in [-0.05, 0) is 62.1 Å². The minimum atomic E-state index is 0.891. The number of benzene rings is 1. The molecule has 92 valence electrons. The molecule has 2 nitrogen and oxygen atoms in total. The first-order valence-corrected chi connectivity index (χ1v) is 6.83. The maximum atomic E-state index is 5.93. The lowest BCUT2D eigenvalue weighted by atomic mass is 10.1. The molecule has 0 atom stereocenters. The summed E-state index contributed by atoms with van der Waals surface area (Å²) in [6, 6.07) is 6.31. The van der Waals surface area contributed by atoms with Gasteiger partial charge in [0.1, 0.15) is 0 Å². The van der Waals surface area contributed by atoms with Crippen molar-refractivity contribution in [2.75, 3.05) is 23.7 Å². The smallest absolute Gasteiger partial charge is 0.0416 e. The SMILES string of the molecule is Cc1ccc(N)cc1N(CC1CC1)CC1CC1. The van der Waals surface area contributed by atoms with E-state index >= 15 is 0 Å². The van der Waals surface area contributed by atoms with Crippen LogP contribution in [0, 0.1) is 18.8 Å². The molecular weight excluding hydrogens is 208 g/mol. The third-order valence-electron chi connectivity index (χ3n) is 3.92. The summed E-state index contributed by atoms with van der Waals surface area (Å²) in [4.78, 5) is 2.58. The first-order valence-electron chi connectivity index (χ1n) is 6.83. The van der Waals surface area contributed by atoms with E-state index in [-0.39, 0.29) is 0 Å². The predicted octanol–water partition coefficient (Wildman–Crippen LogP) is 3.20. The van der Waals surface area contributed by atoms with Gasteiger partial charge in [-0.15, -0.1) is 0 Å². The molecule has 0 spiro atoms. The summed E-state index contributed by atoms with van der Waals surface area (Å²) in [5.74, 6) is 1.88. The summed E-state index contributed by atoms with van der Waals surface area (Å²) < 4.78 is 0. The number of aryl methyl sites for hydroxylation is 1. The number of nitrogens with two attached hydrogens (primary N) is 1. The van der Waals surface area contributed by atoms with Crippen molar-refractivity contribution >= 4 is 11.4 Å². The van der Waals surface area contributed by atoms with E-state index in [1.807, 2.05) is 6.07 Å². The van der Waals surface area contributed by atoms with Crippen molar-refractivity contribution in [1.82, 2.24) is 0 Å². The van der Waals surface area contributed by atoms with E-state index in [1.54, 1.807) is 0 Å². The number of hydrogen-bond acceptors (Lipinski definition) is 2. The standard InChI is InChI=1S/C15H22N2/c1-11-2-7-14(16)8-15(11)17(9-12-3-4-12)10-13-5-6-13/h2,7-8,12-13H,3-6,9-10,16H2,1H3. The van der Waals surface area contributed by atoms with Crippen LogP contribution in [0.2, 0.25) is 0 Å². The molecule has 0 aliphatic heterocycles. The fourth-order valence-electron chi connectivity index (χ4n) is 2.46. The Morgan fingerprint density at radius 1 is 1.12 bits per heavy atom. The second-order valence-corrected chi connectivity index (χ2v) is 5.84. The highest BCUT2D eigenvalue weighted by Crippen LogP contribution is 2.36. The molecule has 2 heteroatoms. The zero-order valence-corrected chi connectivity index (χ0v) is 10.7. The molecule has 0 bridgehead atoms. The summed E-state index contributed by atoms with van der Waals surface area (Å²) in [6.07, 6.45) is 5.68. The van der Waals surface area contributed by atoms with Gasteiger partial charge in [0.15, 0.2) is 0 Å². The van der Waals surface area contributed by atoms with Crippen molar-refractivity contribution in [2.45, 2.75) is 32.6 Å². The fourth-order valence-corrected chi connectivity index (χ4v) is 2.46. The van der Waals surface area contributed by atoms with Gasteiger partial charge in [-0.3, -0.25) is 0 Å².